The van der Waals surface area contributed by atoms with Gasteiger partial charge in [0.15, 0.2) is 11.6 Å². The van der Waals surface area contributed by atoms with Gasteiger partial charge in [-0.3, -0.25) is 14.9 Å². The number of fused-ring (bicyclic) bond motifs is 1. The van der Waals surface area contributed by atoms with Gasteiger partial charge in [-0.2, -0.15) is 13.2 Å². The van der Waals surface area contributed by atoms with Crippen LogP contribution in [0, 0.1) is 11.6 Å². The van der Waals surface area contributed by atoms with E-state index in [1.54, 1.807) is 12.1 Å². The molecule has 1 aromatic carbocycles. The van der Waals surface area contributed by atoms with Crippen LogP contribution in [-0.4, -0.2) is 32.6 Å². The molecule has 1 aliphatic rings. The van der Waals surface area contributed by atoms with Crippen LogP contribution in [0.2, 0.25) is 5.15 Å². The van der Waals surface area contributed by atoms with Crippen molar-refractivity contribution < 1.29 is 26.7 Å². The van der Waals surface area contributed by atoms with Crippen LogP contribution in [0.15, 0.2) is 61.1 Å². The molecule has 0 spiro atoms. The molecule has 0 bridgehead atoms. The molecule has 4 heterocycles. The van der Waals surface area contributed by atoms with Gasteiger partial charge in [0.2, 0.25) is 0 Å². The minimum Gasteiger partial charge on any atom is -0.453 e. The zero-order valence-corrected chi connectivity index (χ0v) is 19.3. The van der Waals surface area contributed by atoms with Crippen molar-refractivity contribution >= 4 is 22.5 Å². The van der Waals surface area contributed by atoms with Crippen LogP contribution in [0.25, 0.3) is 10.9 Å². The molecule has 0 amide bonds. The third kappa shape index (κ3) is 4.96. The number of rotatable bonds is 5. The van der Waals surface area contributed by atoms with Gasteiger partial charge in [0.05, 0.1) is 17.4 Å². The van der Waals surface area contributed by atoms with Gasteiger partial charge in [0, 0.05) is 29.9 Å². The number of benzene rings is 1. The van der Waals surface area contributed by atoms with E-state index >= 15 is 0 Å². The van der Waals surface area contributed by atoms with Gasteiger partial charge in [-0.05, 0) is 55.3 Å². The molecule has 0 N–H and O–H groups in total. The van der Waals surface area contributed by atoms with Crippen molar-refractivity contribution in [3.05, 3.63) is 89.1 Å². The molecule has 0 saturated carbocycles. The molecular formula is C25H18ClF5N4O. The highest BCUT2D eigenvalue weighted by molar-refractivity contribution is 6.29. The molecule has 3 aromatic heterocycles. The third-order valence-electron chi connectivity index (χ3n) is 6.03. The van der Waals surface area contributed by atoms with Crippen molar-refractivity contribution in [3.63, 3.8) is 0 Å². The summed E-state index contributed by atoms with van der Waals surface area (Å²) in [5.74, 6) is -1.73. The van der Waals surface area contributed by atoms with Gasteiger partial charge in [-0.25, -0.2) is 13.8 Å². The first-order valence-electron chi connectivity index (χ1n) is 11.0. The van der Waals surface area contributed by atoms with Crippen molar-refractivity contribution in [3.8, 4) is 11.5 Å². The second-order valence-electron chi connectivity index (χ2n) is 8.40. The van der Waals surface area contributed by atoms with Crippen LogP contribution in [0.5, 0.6) is 11.5 Å². The van der Waals surface area contributed by atoms with Crippen LogP contribution >= 0.6 is 11.6 Å². The smallest absolute Gasteiger partial charge is 0.409 e. The summed E-state index contributed by atoms with van der Waals surface area (Å²) in [7, 11) is 0. The molecule has 1 aliphatic heterocycles. The lowest BCUT2D eigenvalue weighted by Gasteiger charge is -2.34. The molecule has 4 aromatic rings. The fourth-order valence-electron chi connectivity index (χ4n) is 4.47. The SMILES string of the molecule is Fc1ccc(Oc2cnc3cc(C(N4CCCC4c4ccc(Cl)nc4)C(F)(F)F)ncc3c2)c(F)c1. The first-order chi connectivity index (χ1) is 17.2. The van der Waals surface area contributed by atoms with Crippen LogP contribution in [-0.2, 0) is 0 Å². The van der Waals surface area contributed by atoms with E-state index in [0.29, 0.717) is 29.9 Å². The summed E-state index contributed by atoms with van der Waals surface area (Å²) < 4.78 is 75.5. The highest BCUT2D eigenvalue weighted by Gasteiger charge is 2.49. The second kappa shape index (κ2) is 9.59. The number of hydrogen-bond donors (Lipinski definition) is 0. The van der Waals surface area contributed by atoms with Crippen molar-refractivity contribution in [1.82, 2.24) is 19.9 Å². The van der Waals surface area contributed by atoms with Crippen molar-refractivity contribution in [2.45, 2.75) is 31.1 Å². The summed E-state index contributed by atoms with van der Waals surface area (Å²) in [4.78, 5) is 13.7. The van der Waals surface area contributed by atoms with Crippen molar-refractivity contribution in [2.24, 2.45) is 0 Å². The van der Waals surface area contributed by atoms with E-state index in [0.717, 1.165) is 12.1 Å². The number of aromatic nitrogens is 3. The van der Waals surface area contributed by atoms with E-state index in [1.165, 1.54) is 35.6 Å². The molecule has 0 aliphatic carbocycles. The number of pyridine rings is 3. The number of nitrogens with zero attached hydrogens (tertiary/aromatic N) is 4. The first-order valence-corrected chi connectivity index (χ1v) is 11.4. The number of likely N-dealkylation sites (tertiary alicyclic amines) is 1. The summed E-state index contributed by atoms with van der Waals surface area (Å²) in [6.45, 7) is 0.237. The van der Waals surface area contributed by atoms with E-state index in [-0.39, 0.29) is 34.4 Å². The molecule has 1 saturated heterocycles. The Kier molecular flexibility index (Phi) is 6.48. The Labute approximate surface area is 207 Å². The molecule has 5 rings (SSSR count). The average molecular weight is 521 g/mol. The summed E-state index contributed by atoms with van der Waals surface area (Å²) >= 11 is 5.85. The fourth-order valence-corrected chi connectivity index (χ4v) is 4.59. The van der Waals surface area contributed by atoms with E-state index < -0.39 is 29.9 Å². The summed E-state index contributed by atoms with van der Waals surface area (Å²) in [6.07, 6.45) is 0.579. The van der Waals surface area contributed by atoms with E-state index in [9.17, 15) is 22.0 Å². The van der Waals surface area contributed by atoms with E-state index in [2.05, 4.69) is 15.0 Å². The largest absolute Gasteiger partial charge is 0.453 e. The van der Waals surface area contributed by atoms with Gasteiger partial charge in [-0.15, -0.1) is 0 Å². The van der Waals surface area contributed by atoms with Crippen molar-refractivity contribution in [2.75, 3.05) is 6.54 Å². The first kappa shape index (κ1) is 24.3. The number of alkyl halides is 3. The second-order valence-corrected chi connectivity index (χ2v) is 8.79. The maximum atomic E-state index is 14.4. The maximum Gasteiger partial charge on any atom is 0.409 e. The Morgan fingerprint density at radius 3 is 2.53 bits per heavy atom. The average Bonchev–Trinajstić information content (AvgIpc) is 3.29. The lowest BCUT2D eigenvalue weighted by atomic mass is 10.0. The maximum absolute atomic E-state index is 14.4. The third-order valence-corrected chi connectivity index (χ3v) is 6.26. The highest BCUT2D eigenvalue weighted by atomic mass is 35.5. The Balaban J connectivity index is 1.46. The quantitative estimate of drug-likeness (QED) is 0.206. The highest BCUT2D eigenvalue weighted by Crippen LogP contribution is 2.45. The Morgan fingerprint density at radius 2 is 1.81 bits per heavy atom. The van der Waals surface area contributed by atoms with Gasteiger partial charge in [0.25, 0.3) is 0 Å². The summed E-state index contributed by atoms with van der Waals surface area (Å²) in [6, 6.07) is 6.44. The molecule has 36 heavy (non-hydrogen) atoms. The van der Waals surface area contributed by atoms with Gasteiger partial charge in [-0.1, -0.05) is 17.7 Å². The summed E-state index contributed by atoms with van der Waals surface area (Å²) in [5.41, 5.74) is 0.736. The van der Waals surface area contributed by atoms with Gasteiger partial charge in [0.1, 0.15) is 22.8 Å². The van der Waals surface area contributed by atoms with E-state index in [1.807, 2.05) is 0 Å². The zero-order chi connectivity index (χ0) is 25.4. The standard InChI is InChI=1S/C25H18ClF5N4O/c26-23-6-3-14(11-34-23)21-2-1-7-35(21)24(25(29,30)31)20-10-19-15(12-32-20)8-17(13-33-19)36-22-5-4-16(27)9-18(22)28/h3-6,8-13,21,24H,1-2,7H2. The molecule has 0 radical (unpaired) electrons. The normalized spacial score (nSPS) is 17.4. The van der Waals surface area contributed by atoms with E-state index in [4.69, 9.17) is 16.3 Å². The molecule has 2 unspecified atom stereocenters. The Bertz CT molecular complexity index is 1400. The number of hydrogen-bond acceptors (Lipinski definition) is 5. The molecule has 5 nitrogen and oxygen atoms in total. The van der Waals surface area contributed by atoms with Crippen LogP contribution in [0.4, 0.5) is 22.0 Å². The zero-order valence-electron chi connectivity index (χ0n) is 18.5. The Hall–Kier alpha value is -3.37. The fraction of sp³-hybridized carbons (Fsp3) is 0.240. The minimum absolute atomic E-state index is 0.129. The predicted molar refractivity (Wildman–Crippen MR) is 123 cm³/mol. The van der Waals surface area contributed by atoms with Gasteiger partial charge >= 0.3 is 6.18 Å². The molecule has 2 atom stereocenters. The molecule has 11 heteroatoms. The molecule has 186 valence electrons. The summed E-state index contributed by atoms with van der Waals surface area (Å²) in [5, 5.41) is 0.669. The minimum atomic E-state index is -4.59. The van der Waals surface area contributed by atoms with Gasteiger partial charge < -0.3 is 4.74 Å². The Morgan fingerprint density at radius 1 is 0.972 bits per heavy atom. The van der Waals surface area contributed by atoms with Crippen LogP contribution in [0.3, 0.4) is 0 Å². The number of ether oxygens (including phenoxy) is 1. The number of halogens is 6. The van der Waals surface area contributed by atoms with Crippen LogP contribution in [0.1, 0.15) is 36.2 Å². The monoisotopic (exact) mass is 520 g/mol. The molecule has 1 fully saturated rings. The lowest BCUT2D eigenvalue weighted by molar-refractivity contribution is -0.190. The van der Waals surface area contributed by atoms with Crippen molar-refractivity contribution in [1.29, 1.82) is 0 Å². The van der Waals surface area contributed by atoms with Crippen LogP contribution < -0.4 is 4.74 Å². The molecular weight excluding hydrogens is 503 g/mol. The topological polar surface area (TPSA) is 51.1 Å². The predicted octanol–water partition coefficient (Wildman–Crippen LogP) is 7.19. The lowest BCUT2D eigenvalue weighted by Crippen LogP contribution is -2.38.